The number of aromatic nitrogens is 3. The van der Waals surface area contributed by atoms with Gasteiger partial charge >= 0.3 is 12.4 Å². The molecule has 0 aliphatic rings. The predicted molar refractivity (Wildman–Crippen MR) is 155 cm³/mol. The maximum absolute atomic E-state index is 12.6. The van der Waals surface area contributed by atoms with Crippen molar-refractivity contribution in [1.29, 1.82) is 0 Å². The average molecular weight is 572 g/mol. The van der Waals surface area contributed by atoms with Crippen LogP contribution in [0.3, 0.4) is 0 Å². The molecule has 0 fully saturated rings. The van der Waals surface area contributed by atoms with E-state index in [4.69, 9.17) is 0 Å². The van der Waals surface area contributed by atoms with Crippen LogP contribution < -0.4 is 15.4 Å². The standard InChI is InChI=1S/C32H28F3N5O2/c1-22-7-2-3-9-27(22)28-10-4-5-11-29(28)38-31(41)36-20-6-8-23-12-14-24(15-13-23)30-37-21-40(39-30)25-16-18-26(19-17-25)42-32(33,34)35/h2-5,7,9-19,21H,6,8,20H2,1H3,(H2,36,38,41). The van der Waals surface area contributed by atoms with E-state index in [-0.39, 0.29) is 11.8 Å². The number of carbonyl (C=O) groups excluding carboxylic acids is 1. The van der Waals surface area contributed by atoms with Gasteiger partial charge in [0.15, 0.2) is 5.82 Å². The number of ether oxygens (including phenoxy) is 1. The number of aryl methyl sites for hydroxylation is 2. The van der Waals surface area contributed by atoms with Gasteiger partial charge in [0, 0.05) is 17.7 Å². The van der Waals surface area contributed by atoms with Crippen molar-refractivity contribution in [3.63, 3.8) is 0 Å². The van der Waals surface area contributed by atoms with E-state index in [2.05, 4.69) is 25.5 Å². The molecule has 0 atom stereocenters. The van der Waals surface area contributed by atoms with Crippen LogP contribution in [-0.2, 0) is 6.42 Å². The van der Waals surface area contributed by atoms with Gasteiger partial charge in [-0.3, -0.25) is 0 Å². The SMILES string of the molecule is Cc1ccccc1-c1ccccc1NC(=O)NCCCc1ccc(-c2ncn(-c3ccc(OC(F)(F)F)cc3)n2)cc1. The Morgan fingerprint density at radius 3 is 2.29 bits per heavy atom. The van der Waals surface area contributed by atoms with Gasteiger partial charge in [0.05, 0.1) is 11.4 Å². The largest absolute Gasteiger partial charge is 0.573 e. The van der Waals surface area contributed by atoms with Gasteiger partial charge in [-0.1, -0.05) is 66.7 Å². The van der Waals surface area contributed by atoms with Crippen LogP contribution in [-0.4, -0.2) is 33.7 Å². The molecule has 0 bridgehead atoms. The monoisotopic (exact) mass is 571 g/mol. The zero-order valence-corrected chi connectivity index (χ0v) is 22.7. The van der Waals surface area contributed by atoms with Gasteiger partial charge in [-0.05, 0) is 66.8 Å². The van der Waals surface area contributed by atoms with Gasteiger partial charge in [0.25, 0.3) is 0 Å². The number of nitrogens with one attached hydrogen (secondary N) is 2. The number of rotatable bonds is 9. The van der Waals surface area contributed by atoms with Gasteiger partial charge in [-0.2, -0.15) is 0 Å². The highest BCUT2D eigenvalue weighted by Gasteiger charge is 2.31. The number of hydrogen-bond acceptors (Lipinski definition) is 4. The molecule has 4 aromatic carbocycles. The van der Waals surface area contributed by atoms with Crippen LogP contribution >= 0.6 is 0 Å². The van der Waals surface area contributed by atoms with E-state index in [1.165, 1.54) is 35.3 Å². The lowest BCUT2D eigenvalue weighted by Gasteiger charge is -2.14. The highest BCUT2D eigenvalue weighted by Crippen LogP contribution is 2.30. The first-order valence-corrected chi connectivity index (χ1v) is 13.3. The van der Waals surface area contributed by atoms with Crippen molar-refractivity contribution in [3.05, 3.63) is 115 Å². The summed E-state index contributed by atoms with van der Waals surface area (Å²) in [7, 11) is 0. The highest BCUT2D eigenvalue weighted by atomic mass is 19.4. The Labute approximate surface area is 241 Å². The first-order valence-electron chi connectivity index (χ1n) is 13.3. The van der Waals surface area contributed by atoms with Crippen LogP contribution in [0, 0.1) is 6.92 Å². The molecule has 1 heterocycles. The second-order valence-corrected chi connectivity index (χ2v) is 9.60. The van der Waals surface area contributed by atoms with Crippen LogP contribution in [0.4, 0.5) is 23.7 Å². The van der Waals surface area contributed by atoms with E-state index < -0.39 is 6.36 Å². The summed E-state index contributed by atoms with van der Waals surface area (Å²) in [6, 6.07) is 28.7. The molecule has 1 aromatic heterocycles. The van der Waals surface area contributed by atoms with E-state index in [9.17, 15) is 18.0 Å². The lowest BCUT2D eigenvalue weighted by molar-refractivity contribution is -0.274. The molecular weight excluding hydrogens is 543 g/mol. The molecule has 0 spiro atoms. The lowest BCUT2D eigenvalue weighted by atomic mass is 9.99. The molecule has 0 saturated heterocycles. The summed E-state index contributed by atoms with van der Waals surface area (Å²) >= 11 is 0. The molecule has 2 amide bonds. The molecule has 0 aliphatic heterocycles. The summed E-state index contributed by atoms with van der Waals surface area (Å²) in [5.74, 6) is 0.183. The molecule has 214 valence electrons. The number of urea groups is 1. The van der Waals surface area contributed by atoms with Crippen LogP contribution in [0.25, 0.3) is 28.2 Å². The lowest BCUT2D eigenvalue weighted by Crippen LogP contribution is -2.30. The van der Waals surface area contributed by atoms with Crippen LogP contribution in [0.1, 0.15) is 17.5 Å². The van der Waals surface area contributed by atoms with Gasteiger partial charge in [0.2, 0.25) is 0 Å². The van der Waals surface area contributed by atoms with Crippen molar-refractivity contribution in [3.8, 4) is 34.0 Å². The van der Waals surface area contributed by atoms with Crippen molar-refractivity contribution in [2.75, 3.05) is 11.9 Å². The molecule has 7 nitrogen and oxygen atoms in total. The number of hydrogen-bond donors (Lipinski definition) is 2. The summed E-state index contributed by atoms with van der Waals surface area (Å²) in [6.45, 7) is 2.56. The summed E-state index contributed by atoms with van der Waals surface area (Å²) < 4.78 is 42.5. The van der Waals surface area contributed by atoms with E-state index in [0.29, 0.717) is 18.1 Å². The Morgan fingerprint density at radius 1 is 0.881 bits per heavy atom. The third-order valence-corrected chi connectivity index (χ3v) is 6.58. The number of amides is 2. The Morgan fingerprint density at radius 2 is 1.57 bits per heavy atom. The minimum Gasteiger partial charge on any atom is -0.406 e. The van der Waals surface area contributed by atoms with Crippen molar-refractivity contribution >= 4 is 11.7 Å². The first kappa shape index (κ1) is 28.4. The number of benzene rings is 4. The van der Waals surface area contributed by atoms with Crippen LogP contribution in [0.2, 0.25) is 0 Å². The third kappa shape index (κ3) is 7.34. The fourth-order valence-electron chi connectivity index (χ4n) is 4.50. The summed E-state index contributed by atoms with van der Waals surface area (Å²) in [5.41, 5.74) is 6.39. The zero-order valence-electron chi connectivity index (χ0n) is 22.7. The second-order valence-electron chi connectivity index (χ2n) is 9.60. The molecule has 0 radical (unpaired) electrons. The number of carbonyl (C=O) groups is 1. The zero-order chi connectivity index (χ0) is 29.5. The number of halogens is 3. The van der Waals surface area contributed by atoms with Gasteiger partial charge in [-0.25, -0.2) is 14.5 Å². The Hall–Kier alpha value is -5.12. The molecular formula is C32H28F3N5O2. The van der Waals surface area contributed by atoms with Crippen molar-refractivity contribution < 1.29 is 22.7 Å². The maximum Gasteiger partial charge on any atom is 0.573 e. The Bertz CT molecular complexity index is 1650. The highest BCUT2D eigenvalue weighted by molar-refractivity contribution is 5.94. The molecule has 0 aliphatic carbocycles. The average Bonchev–Trinajstić information content (AvgIpc) is 3.46. The predicted octanol–water partition coefficient (Wildman–Crippen LogP) is 7.56. The maximum atomic E-state index is 12.6. The van der Waals surface area contributed by atoms with E-state index in [1.807, 2.05) is 79.7 Å². The Balaban J connectivity index is 1.11. The minimum atomic E-state index is -4.74. The van der Waals surface area contributed by atoms with Crippen LogP contribution in [0.5, 0.6) is 5.75 Å². The van der Waals surface area contributed by atoms with E-state index in [0.717, 1.165) is 46.3 Å². The van der Waals surface area contributed by atoms with E-state index in [1.54, 1.807) is 0 Å². The topological polar surface area (TPSA) is 81.1 Å². The number of nitrogens with zero attached hydrogens (tertiary/aromatic N) is 3. The van der Waals surface area contributed by atoms with Gasteiger partial charge in [-0.15, -0.1) is 18.3 Å². The summed E-state index contributed by atoms with van der Waals surface area (Å²) in [4.78, 5) is 16.9. The fraction of sp³-hybridized carbons (Fsp3) is 0.156. The minimum absolute atomic E-state index is 0.254. The fourth-order valence-corrected chi connectivity index (χ4v) is 4.50. The molecule has 0 saturated carbocycles. The van der Waals surface area contributed by atoms with Crippen molar-refractivity contribution in [1.82, 2.24) is 20.1 Å². The molecule has 42 heavy (non-hydrogen) atoms. The quantitative estimate of drug-likeness (QED) is 0.179. The number of alkyl halides is 3. The molecule has 0 unspecified atom stereocenters. The van der Waals surface area contributed by atoms with Crippen LogP contribution in [0.15, 0.2) is 103 Å². The number of anilines is 1. The molecule has 5 aromatic rings. The molecule has 2 N–H and O–H groups in total. The smallest absolute Gasteiger partial charge is 0.406 e. The molecule has 10 heteroatoms. The van der Waals surface area contributed by atoms with Crippen molar-refractivity contribution in [2.24, 2.45) is 0 Å². The summed E-state index contributed by atoms with van der Waals surface area (Å²) in [5, 5.41) is 10.3. The van der Waals surface area contributed by atoms with E-state index >= 15 is 0 Å². The normalized spacial score (nSPS) is 11.2. The number of para-hydroxylation sites is 1. The second kappa shape index (κ2) is 12.6. The third-order valence-electron chi connectivity index (χ3n) is 6.58. The van der Waals surface area contributed by atoms with Crippen molar-refractivity contribution in [2.45, 2.75) is 26.1 Å². The van der Waals surface area contributed by atoms with Gasteiger partial charge in [0.1, 0.15) is 12.1 Å². The summed E-state index contributed by atoms with van der Waals surface area (Å²) in [6.07, 6.45) is -1.71. The van der Waals surface area contributed by atoms with Gasteiger partial charge < -0.3 is 15.4 Å². The molecule has 5 rings (SSSR count). The Kier molecular flexibility index (Phi) is 8.52. The first-order chi connectivity index (χ1) is 20.2.